The average Bonchev–Trinajstić information content (AvgIpc) is 2.61. The molecule has 0 unspecified atom stereocenters. The Morgan fingerprint density at radius 2 is 1.58 bits per heavy atom. The van der Waals surface area contributed by atoms with Crippen molar-refractivity contribution in [2.45, 2.75) is 20.4 Å². The van der Waals surface area contributed by atoms with Crippen molar-refractivity contribution in [3.8, 4) is 0 Å². The van der Waals surface area contributed by atoms with Gasteiger partial charge in [-0.05, 0) is 66.9 Å². The normalized spacial score (nSPS) is 10.4. The molecule has 4 N–H and O–H groups in total. The van der Waals surface area contributed by atoms with E-state index in [1.165, 1.54) is 11.1 Å². The predicted molar refractivity (Wildman–Crippen MR) is 108 cm³/mol. The quantitative estimate of drug-likeness (QED) is 0.585. The van der Waals surface area contributed by atoms with E-state index in [0.717, 1.165) is 11.3 Å². The van der Waals surface area contributed by atoms with Crippen molar-refractivity contribution in [2.75, 3.05) is 16.4 Å². The maximum Gasteiger partial charge on any atom is 0.255 e. The molecule has 0 aromatic heterocycles. The molecular formula is C22H23N3O. The van der Waals surface area contributed by atoms with Crippen LogP contribution in [-0.4, -0.2) is 5.91 Å². The zero-order valence-electron chi connectivity index (χ0n) is 15.0. The second kappa shape index (κ2) is 7.74. The van der Waals surface area contributed by atoms with Gasteiger partial charge in [-0.15, -0.1) is 0 Å². The van der Waals surface area contributed by atoms with Crippen LogP contribution in [0.3, 0.4) is 0 Å². The van der Waals surface area contributed by atoms with Crippen molar-refractivity contribution in [3.05, 3.63) is 89.0 Å². The number of hydrogen-bond donors (Lipinski definition) is 3. The van der Waals surface area contributed by atoms with Crippen molar-refractivity contribution < 1.29 is 4.79 Å². The van der Waals surface area contributed by atoms with Crippen LogP contribution in [0.2, 0.25) is 0 Å². The Morgan fingerprint density at radius 3 is 2.23 bits per heavy atom. The monoisotopic (exact) mass is 345 g/mol. The van der Waals surface area contributed by atoms with E-state index in [4.69, 9.17) is 5.73 Å². The highest BCUT2D eigenvalue weighted by Crippen LogP contribution is 2.18. The minimum atomic E-state index is -0.170. The van der Waals surface area contributed by atoms with Gasteiger partial charge in [0.15, 0.2) is 0 Å². The highest BCUT2D eigenvalue weighted by Gasteiger charge is 2.07. The van der Waals surface area contributed by atoms with E-state index in [1.807, 2.05) is 36.4 Å². The molecule has 3 aromatic carbocycles. The number of benzene rings is 3. The first kappa shape index (κ1) is 17.5. The molecule has 4 heteroatoms. The molecule has 3 aromatic rings. The summed E-state index contributed by atoms with van der Waals surface area (Å²) in [6, 6.07) is 21.2. The van der Waals surface area contributed by atoms with Crippen LogP contribution >= 0.6 is 0 Å². The standard InChI is InChI=1S/C22H23N3O/c1-15-11-16(2)13-19(12-15)24-14-17-7-9-18(10-8-17)22(26)25-21-6-4-3-5-20(21)23/h3-13,24H,14,23H2,1-2H3,(H,25,26). The van der Waals surface area contributed by atoms with Crippen molar-refractivity contribution >= 4 is 23.0 Å². The molecule has 0 radical (unpaired) electrons. The highest BCUT2D eigenvalue weighted by molar-refractivity contribution is 6.05. The molecule has 0 spiro atoms. The Bertz CT molecular complexity index is 897. The molecule has 0 saturated carbocycles. The zero-order chi connectivity index (χ0) is 18.5. The predicted octanol–water partition coefficient (Wildman–Crippen LogP) is 4.75. The fourth-order valence-corrected chi connectivity index (χ4v) is 2.86. The van der Waals surface area contributed by atoms with Gasteiger partial charge in [-0.25, -0.2) is 0 Å². The van der Waals surface area contributed by atoms with Gasteiger partial charge in [0.2, 0.25) is 0 Å². The van der Waals surface area contributed by atoms with E-state index < -0.39 is 0 Å². The molecule has 26 heavy (non-hydrogen) atoms. The second-order valence-electron chi connectivity index (χ2n) is 6.47. The Labute approximate surface area is 154 Å². The zero-order valence-corrected chi connectivity index (χ0v) is 15.0. The summed E-state index contributed by atoms with van der Waals surface area (Å²) < 4.78 is 0. The molecule has 0 atom stereocenters. The lowest BCUT2D eigenvalue weighted by Gasteiger charge is -2.10. The maximum absolute atomic E-state index is 12.3. The molecule has 0 aliphatic rings. The van der Waals surface area contributed by atoms with Gasteiger partial charge in [-0.3, -0.25) is 4.79 Å². The van der Waals surface area contributed by atoms with Gasteiger partial charge in [0.25, 0.3) is 5.91 Å². The number of amides is 1. The molecule has 0 fully saturated rings. The van der Waals surface area contributed by atoms with Crippen LogP contribution in [0.1, 0.15) is 27.0 Å². The van der Waals surface area contributed by atoms with Crippen molar-refractivity contribution in [1.82, 2.24) is 0 Å². The number of aryl methyl sites for hydroxylation is 2. The van der Waals surface area contributed by atoms with E-state index in [-0.39, 0.29) is 5.91 Å². The lowest BCUT2D eigenvalue weighted by molar-refractivity contribution is 0.102. The van der Waals surface area contributed by atoms with E-state index >= 15 is 0 Å². The SMILES string of the molecule is Cc1cc(C)cc(NCc2ccc(C(=O)Nc3ccccc3N)cc2)c1. The third-order valence-corrected chi connectivity index (χ3v) is 4.14. The Morgan fingerprint density at radius 1 is 0.923 bits per heavy atom. The molecule has 4 nitrogen and oxygen atoms in total. The number of rotatable bonds is 5. The van der Waals surface area contributed by atoms with Gasteiger partial charge in [0, 0.05) is 17.8 Å². The summed E-state index contributed by atoms with van der Waals surface area (Å²) in [4.78, 5) is 12.3. The van der Waals surface area contributed by atoms with Gasteiger partial charge < -0.3 is 16.4 Å². The minimum Gasteiger partial charge on any atom is -0.397 e. The van der Waals surface area contributed by atoms with Crippen LogP contribution in [0.15, 0.2) is 66.7 Å². The smallest absolute Gasteiger partial charge is 0.255 e. The average molecular weight is 345 g/mol. The van der Waals surface area contributed by atoms with Crippen LogP contribution in [0.4, 0.5) is 17.1 Å². The molecule has 0 aliphatic carbocycles. The molecule has 0 heterocycles. The number of carbonyl (C=O) groups excluding carboxylic acids is 1. The molecule has 3 rings (SSSR count). The lowest BCUT2D eigenvalue weighted by atomic mass is 10.1. The first-order valence-electron chi connectivity index (χ1n) is 8.58. The summed E-state index contributed by atoms with van der Waals surface area (Å²) in [7, 11) is 0. The third kappa shape index (κ3) is 4.42. The largest absolute Gasteiger partial charge is 0.397 e. The number of nitrogens with one attached hydrogen (secondary N) is 2. The van der Waals surface area contributed by atoms with Crippen molar-refractivity contribution in [3.63, 3.8) is 0 Å². The summed E-state index contributed by atoms with van der Waals surface area (Å²) in [6.07, 6.45) is 0. The fourth-order valence-electron chi connectivity index (χ4n) is 2.86. The lowest BCUT2D eigenvalue weighted by Crippen LogP contribution is -2.13. The molecule has 1 amide bonds. The molecular weight excluding hydrogens is 322 g/mol. The highest BCUT2D eigenvalue weighted by atomic mass is 16.1. The number of nitrogen functional groups attached to an aromatic ring is 1. The van der Waals surface area contributed by atoms with E-state index in [2.05, 4.69) is 42.7 Å². The fraction of sp³-hybridized carbons (Fsp3) is 0.136. The molecule has 0 bridgehead atoms. The van der Waals surface area contributed by atoms with Crippen LogP contribution < -0.4 is 16.4 Å². The molecule has 132 valence electrons. The number of para-hydroxylation sites is 2. The third-order valence-electron chi connectivity index (χ3n) is 4.14. The summed E-state index contributed by atoms with van der Waals surface area (Å²) in [5.74, 6) is -0.170. The summed E-state index contributed by atoms with van der Waals surface area (Å²) >= 11 is 0. The first-order chi connectivity index (χ1) is 12.5. The van der Waals surface area contributed by atoms with E-state index in [1.54, 1.807) is 12.1 Å². The Hall–Kier alpha value is -3.27. The number of anilines is 3. The summed E-state index contributed by atoms with van der Waals surface area (Å²) in [5, 5.41) is 6.26. The minimum absolute atomic E-state index is 0.170. The van der Waals surface area contributed by atoms with Crippen LogP contribution in [-0.2, 0) is 6.54 Å². The van der Waals surface area contributed by atoms with Gasteiger partial charge in [-0.2, -0.15) is 0 Å². The Balaban J connectivity index is 1.62. The van der Waals surface area contributed by atoms with Gasteiger partial charge in [0.1, 0.15) is 0 Å². The number of carbonyl (C=O) groups is 1. The van der Waals surface area contributed by atoms with Crippen molar-refractivity contribution in [1.29, 1.82) is 0 Å². The topological polar surface area (TPSA) is 67.2 Å². The van der Waals surface area contributed by atoms with Gasteiger partial charge >= 0.3 is 0 Å². The maximum atomic E-state index is 12.3. The van der Waals surface area contributed by atoms with Crippen LogP contribution in [0.5, 0.6) is 0 Å². The second-order valence-corrected chi connectivity index (χ2v) is 6.47. The summed E-state index contributed by atoms with van der Waals surface area (Å²) in [5.41, 5.74) is 12.3. The van der Waals surface area contributed by atoms with E-state index in [0.29, 0.717) is 23.5 Å². The number of nitrogens with two attached hydrogens (primary N) is 1. The molecule has 0 saturated heterocycles. The van der Waals surface area contributed by atoms with Crippen LogP contribution in [0.25, 0.3) is 0 Å². The van der Waals surface area contributed by atoms with Gasteiger partial charge in [-0.1, -0.05) is 30.3 Å². The first-order valence-corrected chi connectivity index (χ1v) is 8.58. The number of hydrogen-bond acceptors (Lipinski definition) is 3. The Kier molecular flexibility index (Phi) is 5.23. The van der Waals surface area contributed by atoms with Crippen LogP contribution in [0, 0.1) is 13.8 Å². The van der Waals surface area contributed by atoms with E-state index in [9.17, 15) is 4.79 Å². The van der Waals surface area contributed by atoms with Gasteiger partial charge in [0.05, 0.1) is 11.4 Å². The molecule has 0 aliphatic heterocycles. The van der Waals surface area contributed by atoms with Crippen molar-refractivity contribution in [2.24, 2.45) is 0 Å². The summed E-state index contributed by atoms with van der Waals surface area (Å²) in [6.45, 7) is 4.88.